The van der Waals surface area contributed by atoms with E-state index in [1.54, 1.807) is 36.4 Å². The molecule has 0 saturated carbocycles. The van der Waals surface area contributed by atoms with Gasteiger partial charge in [0, 0.05) is 31.4 Å². The van der Waals surface area contributed by atoms with Crippen LogP contribution in [0.25, 0.3) is 0 Å². The number of pyridine rings is 1. The van der Waals surface area contributed by atoms with Gasteiger partial charge >= 0.3 is 0 Å². The van der Waals surface area contributed by atoms with E-state index in [-0.39, 0.29) is 17.5 Å². The molecule has 1 saturated heterocycles. The van der Waals surface area contributed by atoms with Crippen LogP contribution >= 0.6 is 0 Å². The number of carbonyl (C=O) groups is 2. The number of aromatic nitrogens is 1. The average Bonchev–Trinajstić information content (AvgIpc) is 2.73. The molecule has 2 atom stereocenters. The van der Waals surface area contributed by atoms with E-state index in [1.807, 2.05) is 0 Å². The SMILES string of the molecule is CCCCC(C)N1CCC1CNC(=O)c1ccc(C(=O)Nc2ccccc2N)nc1. The Kier molecular flexibility index (Phi) is 7.41. The van der Waals surface area contributed by atoms with Gasteiger partial charge in [-0.15, -0.1) is 0 Å². The summed E-state index contributed by atoms with van der Waals surface area (Å²) in [5.41, 5.74) is 7.53. The first-order valence-electron chi connectivity index (χ1n) is 10.7. The molecule has 2 aromatic rings. The maximum atomic E-state index is 12.5. The van der Waals surface area contributed by atoms with Crippen LogP contribution in [-0.4, -0.2) is 46.9 Å². The summed E-state index contributed by atoms with van der Waals surface area (Å²) in [4.78, 5) is 31.4. The summed E-state index contributed by atoms with van der Waals surface area (Å²) >= 11 is 0. The molecule has 0 radical (unpaired) electrons. The fourth-order valence-electron chi connectivity index (χ4n) is 3.70. The zero-order valence-electron chi connectivity index (χ0n) is 17.7. The molecule has 2 unspecified atom stereocenters. The maximum Gasteiger partial charge on any atom is 0.274 e. The first-order chi connectivity index (χ1) is 14.5. The summed E-state index contributed by atoms with van der Waals surface area (Å²) in [5.74, 6) is -0.541. The standard InChI is InChI=1S/C23H31N5O2/c1-3-4-7-16(2)28-13-12-18(28)15-26-22(29)17-10-11-21(25-14-17)23(30)27-20-9-6-5-8-19(20)24/h5-6,8-11,14,16,18H,3-4,7,12-13,15,24H2,1-2H3,(H,26,29)(H,27,30). The lowest BCUT2D eigenvalue weighted by molar-refractivity contribution is 0.0428. The molecule has 1 aromatic heterocycles. The van der Waals surface area contributed by atoms with Gasteiger partial charge < -0.3 is 16.4 Å². The van der Waals surface area contributed by atoms with Crippen LogP contribution in [0.3, 0.4) is 0 Å². The number of unbranched alkanes of at least 4 members (excludes halogenated alkanes) is 1. The van der Waals surface area contributed by atoms with Crippen LogP contribution < -0.4 is 16.4 Å². The summed E-state index contributed by atoms with van der Waals surface area (Å²) in [6.45, 7) is 6.20. The second-order valence-corrected chi connectivity index (χ2v) is 7.86. The zero-order valence-corrected chi connectivity index (χ0v) is 17.7. The smallest absolute Gasteiger partial charge is 0.274 e. The molecule has 3 rings (SSSR count). The van der Waals surface area contributed by atoms with Crippen LogP contribution in [-0.2, 0) is 0 Å². The third-order valence-corrected chi connectivity index (χ3v) is 5.70. The fourth-order valence-corrected chi connectivity index (χ4v) is 3.70. The topological polar surface area (TPSA) is 100 Å². The molecule has 0 bridgehead atoms. The normalized spacial score (nSPS) is 17.1. The summed E-state index contributed by atoms with van der Waals surface area (Å²) in [6.07, 6.45) is 6.18. The predicted molar refractivity (Wildman–Crippen MR) is 119 cm³/mol. The van der Waals surface area contributed by atoms with Crippen molar-refractivity contribution in [3.8, 4) is 0 Å². The van der Waals surface area contributed by atoms with E-state index in [0.717, 1.165) is 13.0 Å². The Morgan fingerprint density at radius 3 is 2.67 bits per heavy atom. The number of carbonyl (C=O) groups excluding carboxylic acids is 2. The Morgan fingerprint density at radius 1 is 1.23 bits per heavy atom. The number of likely N-dealkylation sites (tertiary alicyclic amines) is 1. The monoisotopic (exact) mass is 409 g/mol. The Labute approximate surface area is 178 Å². The molecule has 7 nitrogen and oxygen atoms in total. The average molecular weight is 410 g/mol. The second kappa shape index (κ2) is 10.2. The maximum absolute atomic E-state index is 12.5. The summed E-state index contributed by atoms with van der Waals surface area (Å²) in [6, 6.07) is 11.1. The minimum atomic E-state index is -0.369. The summed E-state index contributed by atoms with van der Waals surface area (Å²) < 4.78 is 0. The molecule has 160 valence electrons. The summed E-state index contributed by atoms with van der Waals surface area (Å²) in [5, 5.41) is 5.73. The minimum absolute atomic E-state index is 0.171. The van der Waals surface area contributed by atoms with Crippen LogP contribution in [0, 0.1) is 0 Å². The molecule has 1 fully saturated rings. The first kappa shape index (κ1) is 21.8. The van der Waals surface area contributed by atoms with Crippen molar-refractivity contribution in [2.45, 2.75) is 51.6 Å². The van der Waals surface area contributed by atoms with Crippen LogP contribution in [0.4, 0.5) is 11.4 Å². The number of hydrogen-bond acceptors (Lipinski definition) is 5. The molecule has 0 spiro atoms. The Hall–Kier alpha value is -2.93. The zero-order chi connectivity index (χ0) is 21.5. The molecular formula is C23H31N5O2. The van der Waals surface area contributed by atoms with Crippen molar-refractivity contribution in [3.63, 3.8) is 0 Å². The van der Waals surface area contributed by atoms with E-state index in [0.29, 0.717) is 35.6 Å². The van der Waals surface area contributed by atoms with Gasteiger partial charge in [-0.25, -0.2) is 0 Å². The minimum Gasteiger partial charge on any atom is -0.397 e. The van der Waals surface area contributed by atoms with E-state index in [4.69, 9.17) is 5.73 Å². The highest BCUT2D eigenvalue weighted by Gasteiger charge is 2.31. The molecule has 7 heteroatoms. The van der Waals surface area contributed by atoms with Crippen molar-refractivity contribution >= 4 is 23.2 Å². The lowest BCUT2D eigenvalue weighted by atomic mass is 9.97. The molecule has 2 amide bonds. The number of benzene rings is 1. The van der Waals surface area contributed by atoms with Crippen molar-refractivity contribution in [1.82, 2.24) is 15.2 Å². The van der Waals surface area contributed by atoms with E-state index < -0.39 is 0 Å². The number of nitrogens with one attached hydrogen (secondary N) is 2. The van der Waals surface area contributed by atoms with Gasteiger partial charge in [0.1, 0.15) is 5.69 Å². The second-order valence-electron chi connectivity index (χ2n) is 7.86. The Bertz CT molecular complexity index is 868. The third-order valence-electron chi connectivity index (χ3n) is 5.70. The van der Waals surface area contributed by atoms with Gasteiger partial charge in [0.2, 0.25) is 0 Å². The molecule has 1 aromatic carbocycles. The lowest BCUT2D eigenvalue weighted by Gasteiger charge is -2.45. The van der Waals surface area contributed by atoms with Crippen LogP contribution in [0.1, 0.15) is 60.4 Å². The van der Waals surface area contributed by atoms with E-state index in [2.05, 4.69) is 34.4 Å². The third kappa shape index (κ3) is 5.36. The van der Waals surface area contributed by atoms with Crippen molar-refractivity contribution in [1.29, 1.82) is 0 Å². The highest BCUT2D eigenvalue weighted by Crippen LogP contribution is 2.23. The van der Waals surface area contributed by atoms with E-state index >= 15 is 0 Å². The number of anilines is 2. The molecule has 4 N–H and O–H groups in total. The van der Waals surface area contributed by atoms with Gasteiger partial charge in [-0.3, -0.25) is 19.5 Å². The number of amides is 2. The molecule has 1 aliphatic heterocycles. The highest BCUT2D eigenvalue weighted by molar-refractivity contribution is 6.04. The highest BCUT2D eigenvalue weighted by atomic mass is 16.2. The van der Waals surface area contributed by atoms with Gasteiger partial charge in [-0.05, 0) is 44.0 Å². The number of hydrogen-bond donors (Lipinski definition) is 3. The lowest BCUT2D eigenvalue weighted by Crippen LogP contribution is -2.56. The van der Waals surface area contributed by atoms with Gasteiger partial charge in [0.25, 0.3) is 11.8 Å². The van der Waals surface area contributed by atoms with Gasteiger partial charge in [-0.2, -0.15) is 0 Å². The number of nitrogen functional groups attached to an aromatic ring is 1. The Balaban J connectivity index is 1.50. The molecular weight excluding hydrogens is 378 g/mol. The predicted octanol–water partition coefficient (Wildman–Crippen LogP) is 3.30. The van der Waals surface area contributed by atoms with Crippen molar-refractivity contribution < 1.29 is 9.59 Å². The van der Waals surface area contributed by atoms with Gasteiger partial charge in [-0.1, -0.05) is 31.9 Å². The first-order valence-corrected chi connectivity index (χ1v) is 10.7. The van der Waals surface area contributed by atoms with Gasteiger partial charge in [0.05, 0.1) is 16.9 Å². The fraction of sp³-hybridized carbons (Fsp3) is 0.435. The molecule has 30 heavy (non-hydrogen) atoms. The van der Waals surface area contributed by atoms with Crippen molar-refractivity contribution in [2.24, 2.45) is 0 Å². The number of nitrogens with zero attached hydrogens (tertiary/aromatic N) is 2. The molecule has 2 heterocycles. The van der Waals surface area contributed by atoms with Crippen molar-refractivity contribution in [2.75, 3.05) is 24.1 Å². The van der Waals surface area contributed by atoms with Crippen LogP contribution in [0.2, 0.25) is 0 Å². The van der Waals surface area contributed by atoms with Crippen LogP contribution in [0.15, 0.2) is 42.6 Å². The van der Waals surface area contributed by atoms with Crippen molar-refractivity contribution in [3.05, 3.63) is 53.9 Å². The van der Waals surface area contributed by atoms with E-state index in [9.17, 15) is 9.59 Å². The summed E-state index contributed by atoms with van der Waals surface area (Å²) in [7, 11) is 0. The molecule has 0 aliphatic carbocycles. The van der Waals surface area contributed by atoms with Gasteiger partial charge in [0.15, 0.2) is 0 Å². The number of nitrogens with two attached hydrogens (primary N) is 1. The van der Waals surface area contributed by atoms with E-state index in [1.165, 1.54) is 25.5 Å². The largest absolute Gasteiger partial charge is 0.397 e. The quantitative estimate of drug-likeness (QED) is 0.552. The Morgan fingerprint density at radius 2 is 2.03 bits per heavy atom. The number of para-hydroxylation sites is 2. The van der Waals surface area contributed by atoms with Crippen LogP contribution in [0.5, 0.6) is 0 Å². The number of rotatable bonds is 9. The molecule has 1 aliphatic rings.